The maximum absolute atomic E-state index is 12.8. The first-order valence-corrected chi connectivity index (χ1v) is 9.28. The van der Waals surface area contributed by atoms with Crippen molar-refractivity contribution in [1.29, 1.82) is 0 Å². The summed E-state index contributed by atoms with van der Waals surface area (Å²) in [5.74, 6) is 0.126. The summed E-state index contributed by atoms with van der Waals surface area (Å²) in [6.45, 7) is 3.76. The number of nitrogens with zero attached hydrogens (tertiary/aromatic N) is 3. The van der Waals surface area contributed by atoms with Crippen molar-refractivity contribution in [2.75, 3.05) is 39.4 Å². The molecular weight excluding hydrogens is 332 g/mol. The molecule has 1 aromatic carbocycles. The zero-order valence-corrected chi connectivity index (χ0v) is 14.8. The lowest BCUT2D eigenvalue weighted by Crippen LogP contribution is -2.49. The summed E-state index contributed by atoms with van der Waals surface area (Å²) in [6, 6.07) is 7.78. The number of amides is 2. The molecule has 1 N–H and O–H groups in total. The lowest BCUT2D eigenvalue weighted by Gasteiger charge is -2.36. The summed E-state index contributed by atoms with van der Waals surface area (Å²) in [5, 5.41) is 8.22. The molecular formula is C19H24N4O3. The van der Waals surface area contributed by atoms with E-state index in [0.717, 1.165) is 36.0 Å². The minimum atomic E-state index is -0.0932. The van der Waals surface area contributed by atoms with Crippen LogP contribution in [-0.2, 0) is 20.7 Å². The van der Waals surface area contributed by atoms with Crippen molar-refractivity contribution in [2.24, 2.45) is 5.92 Å². The molecule has 1 unspecified atom stereocenters. The third-order valence-electron chi connectivity index (χ3n) is 5.31. The van der Waals surface area contributed by atoms with Gasteiger partial charge in [-0.05, 0) is 18.9 Å². The maximum atomic E-state index is 12.8. The summed E-state index contributed by atoms with van der Waals surface area (Å²) >= 11 is 0. The van der Waals surface area contributed by atoms with Gasteiger partial charge >= 0.3 is 0 Å². The molecule has 4 rings (SSSR count). The van der Waals surface area contributed by atoms with E-state index in [4.69, 9.17) is 4.74 Å². The number of hydrogen-bond acceptors (Lipinski definition) is 4. The second kappa shape index (κ2) is 7.45. The van der Waals surface area contributed by atoms with Crippen LogP contribution in [0.1, 0.15) is 18.5 Å². The molecule has 138 valence electrons. The van der Waals surface area contributed by atoms with E-state index in [9.17, 15) is 9.59 Å². The van der Waals surface area contributed by atoms with Crippen molar-refractivity contribution >= 4 is 22.7 Å². The highest BCUT2D eigenvalue weighted by atomic mass is 16.5. The van der Waals surface area contributed by atoms with Crippen molar-refractivity contribution in [2.45, 2.75) is 19.3 Å². The van der Waals surface area contributed by atoms with Gasteiger partial charge in [-0.25, -0.2) is 0 Å². The first-order chi connectivity index (χ1) is 12.7. The first-order valence-electron chi connectivity index (χ1n) is 9.28. The highest BCUT2D eigenvalue weighted by molar-refractivity contribution is 5.88. The van der Waals surface area contributed by atoms with Gasteiger partial charge in [0.2, 0.25) is 11.8 Å². The molecule has 2 saturated heterocycles. The number of carbonyl (C=O) groups excluding carboxylic acids is 2. The number of nitrogens with one attached hydrogen (secondary N) is 1. The van der Waals surface area contributed by atoms with Gasteiger partial charge in [0.15, 0.2) is 0 Å². The van der Waals surface area contributed by atoms with E-state index < -0.39 is 0 Å². The van der Waals surface area contributed by atoms with E-state index in [1.165, 1.54) is 0 Å². The van der Waals surface area contributed by atoms with Gasteiger partial charge in [0, 0.05) is 31.6 Å². The van der Waals surface area contributed by atoms with E-state index in [-0.39, 0.29) is 17.7 Å². The maximum Gasteiger partial charge on any atom is 0.228 e. The molecule has 0 saturated carbocycles. The van der Waals surface area contributed by atoms with Crippen LogP contribution in [-0.4, -0.2) is 71.2 Å². The molecule has 26 heavy (non-hydrogen) atoms. The number of carbonyl (C=O) groups is 2. The van der Waals surface area contributed by atoms with Crippen LogP contribution in [0.3, 0.4) is 0 Å². The predicted octanol–water partition coefficient (Wildman–Crippen LogP) is 1.20. The van der Waals surface area contributed by atoms with Gasteiger partial charge in [-0.1, -0.05) is 18.2 Å². The van der Waals surface area contributed by atoms with Gasteiger partial charge < -0.3 is 14.5 Å². The molecule has 2 aromatic rings. The lowest BCUT2D eigenvalue weighted by molar-refractivity contribution is -0.143. The second-order valence-electron chi connectivity index (χ2n) is 7.01. The molecule has 7 heteroatoms. The molecule has 0 spiro atoms. The number of aromatic amines is 1. The zero-order chi connectivity index (χ0) is 17.9. The van der Waals surface area contributed by atoms with Crippen molar-refractivity contribution in [3.63, 3.8) is 0 Å². The molecule has 3 heterocycles. The molecule has 7 nitrogen and oxygen atoms in total. The Labute approximate surface area is 152 Å². The molecule has 0 aliphatic carbocycles. The Morgan fingerprint density at radius 1 is 1.15 bits per heavy atom. The van der Waals surface area contributed by atoms with Gasteiger partial charge in [-0.2, -0.15) is 5.10 Å². The summed E-state index contributed by atoms with van der Waals surface area (Å²) in [4.78, 5) is 29.2. The Morgan fingerprint density at radius 3 is 2.81 bits per heavy atom. The van der Waals surface area contributed by atoms with Gasteiger partial charge in [0.25, 0.3) is 0 Å². The average molecular weight is 356 g/mol. The van der Waals surface area contributed by atoms with E-state index >= 15 is 0 Å². The number of H-pyrrole nitrogens is 1. The molecule has 2 amide bonds. The SMILES string of the molecule is O=C(Cc1[nH]nc2ccccc12)N1CCCC(C(=O)N2CCOCC2)C1. The smallest absolute Gasteiger partial charge is 0.228 e. The number of hydrogen-bond donors (Lipinski definition) is 1. The van der Waals surface area contributed by atoms with Crippen LogP contribution in [0, 0.1) is 5.92 Å². The molecule has 2 fully saturated rings. The number of fused-ring (bicyclic) bond motifs is 1. The Hall–Kier alpha value is -2.41. The number of piperidine rings is 1. The normalized spacial score (nSPS) is 21.2. The third-order valence-corrected chi connectivity index (χ3v) is 5.31. The van der Waals surface area contributed by atoms with Gasteiger partial charge in [0.1, 0.15) is 0 Å². The quantitative estimate of drug-likeness (QED) is 0.896. The Balaban J connectivity index is 1.40. The molecule has 2 aliphatic rings. The van der Waals surface area contributed by atoms with E-state index in [2.05, 4.69) is 10.2 Å². The average Bonchev–Trinajstić information content (AvgIpc) is 3.11. The number of rotatable bonds is 3. The number of ether oxygens (including phenoxy) is 1. The number of aromatic nitrogens is 2. The van der Waals surface area contributed by atoms with Gasteiger partial charge in [0.05, 0.1) is 36.8 Å². The minimum Gasteiger partial charge on any atom is -0.378 e. The van der Waals surface area contributed by atoms with Crippen molar-refractivity contribution in [3.8, 4) is 0 Å². The standard InChI is InChI=1S/C19H24N4O3/c24-18(12-17-15-5-1-2-6-16(15)20-21-17)23-7-3-4-14(13-23)19(25)22-8-10-26-11-9-22/h1-2,5-6,14H,3-4,7-13H2,(H,20,21). The van der Waals surface area contributed by atoms with E-state index in [1.54, 1.807) is 0 Å². The van der Waals surface area contributed by atoms with Crippen LogP contribution < -0.4 is 0 Å². The first kappa shape index (κ1) is 17.0. The minimum absolute atomic E-state index is 0.0545. The van der Waals surface area contributed by atoms with Crippen LogP contribution >= 0.6 is 0 Å². The highest BCUT2D eigenvalue weighted by Gasteiger charge is 2.32. The largest absolute Gasteiger partial charge is 0.378 e. The van der Waals surface area contributed by atoms with E-state index in [1.807, 2.05) is 34.1 Å². The molecule has 0 radical (unpaired) electrons. The molecule has 1 atom stereocenters. The van der Waals surface area contributed by atoms with Gasteiger partial charge in [-0.15, -0.1) is 0 Å². The fourth-order valence-corrected chi connectivity index (χ4v) is 3.86. The second-order valence-corrected chi connectivity index (χ2v) is 7.01. The fourth-order valence-electron chi connectivity index (χ4n) is 3.86. The van der Waals surface area contributed by atoms with Crippen LogP contribution in [0.2, 0.25) is 0 Å². The number of likely N-dealkylation sites (tertiary alicyclic amines) is 1. The molecule has 1 aromatic heterocycles. The van der Waals surface area contributed by atoms with Crippen LogP contribution in [0.15, 0.2) is 24.3 Å². The van der Waals surface area contributed by atoms with Crippen molar-refractivity contribution in [1.82, 2.24) is 20.0 Å². The molecule has 2 aliphatic heterocycles. The predicted molar refractivity (Wildman–Crippen MR) is 96.5 cm³/mol. The monoisotopic (exact) mass is 356 g/mol. The summed E-state index contributed by atoms with van der Waals surface area (Å²) in [6.07, 6.45) is 2.02. The lowest BCUT2D eigenvalue weighted by atomic mass is 9.96. The summed E-state index contributed by atoms with van der Waals surface area (Å²) in [5.41, 5.74) is 1.71. The Morgan fingerprint density at radius 2 is 1.96 bits per heavy atom. The zero-order valence-electron chi connectivity index (χ0n) is 14.8. The molecule has 0 bridgehead atoms. The van der Waals surface area contributed by atoms with Crippen LogP contribution in [0.25, 0.3) is 10.9 Å². The summed E-state index contributed by atoms with van der Waals surface area (Å²) in [7, 11) is 0. The summed E-state index contributed by atoms with van der Waals surface area (Å²) < 4.78 is 5.32. The van der Waals surface area contributed by atoms with Crippen molar-refractivity contribution in [3.05, 3.63) is 30.0 Å². The third kappa shape index (κ3) is 3.44. The topological polar surface area (TPSA) is 78.5 Å². The van der Waals surface area contributed by atoms with Gasteiger partial charge in [-0.3, -0.25) is 14.7 Å². The Kier molecular flexibility index (Phi) is 4.88. The fraction of sp³-hybridized carbons (Fsp3) is 0.526. The number of morpholine rings is 1. The van der Waals surface area contributed by atoms with E-state index in [0.29, 0.717) is 39.3 Å². The van der Waals surface area contributed by atoms with Crippen LogP contribution in [0.5, 0.6) is 0 Å². The number of para-hydroxylation sites is 1. The Bertz CT molecular complexity index is 797. The van der Waals surface area contributed by atoms with Crippen molar-refractivity contribution < 1.29 is 14.3 Å². The number of benzene rings is 1. The van der Waals surface area contributed by atoms with Crippen LogP contribution in [0.4, 0.5) is 0 Å². The highest BCUT2D eigenvalue weighted by Crippen LogP contribution is 2.22.